The zero-order valence-electron chi connectivity index (χ0n) is 20.5. The predicted octanol–water partition coefficient (Wildman–Crippen LogP) is 3.45. The maximum absolute atomic E-state index is 12.7. The zero-order valence-corrected chi connectivity index (χ0v) is 21.3. The lowest BCUT2D eigenvalue weighted by atomic mass is 10.1. The highest BCUT2D eigenvalue weighted by Gasteiger charge is 2.27. The summed E-state index contributed by atoms with van der Waals surface area (Å²) in [6, 6.07) is 16.1. The Morgan fingerprint density at radius 3 is 2.34 bits per heavy atom. The monoisotopic (exact) mass is 495 g/mol. The van der Waals surface area contributed by atoms with Gasteiger partial charge in [0.1, 0.15) is 0 Å². The van der Waals surface area contributed by atoms with Gasteiger partial charge in [0.25, 0.3) is 0 Å². The normalized spacial score (nSPS) is 15.3. The van der Waals surface area contributed by atoms with Crippen molar-refractivity contribution < 1.29 is 13.2 Å². The highest BCUT2D eigenvalue weighted by atomic mass is 32.2. The van der Waals surface area contributed by atoms with Gasteiger partial charge in [0.2, 0.25) is 15.9 Å². The molecular weight excluding hydrogens is 462 g/mol. The van der Waals surface area contributed by atoms with Gasteiger partial charge in [-0.2, -0.15) is 9.40 Å². The first kappa shape index (κ1) is 25.1. The molecule has 2 aromatic carbocycles. The Kier molecular flexibility index (Phi) is 7.69. The van der Waals surface area contributed by atoms with E-state index in [1.54, 1.807) is 31.2 Å². The van der Waals surface area contributed by atoms with Crippen molar-refractivity contribution in [2.24, 2.45) is 0 Å². The van der Waals surface area contributed by atoms with Gasteiger partial charge in [0.05, 0.1) is 23.2 Å². The molecule has 0 radical (unpaired) electrons. The Balaban J connectivity index is 1.33. The quantitative estimate of drug-likeness (QED) is 0.474. The maximum atomic E-state index is 12.7. The Morgan fingerprint density at radius 2 is 1.69 bits per heavy atom. The number of nitrogens with one attached hydrogen (secondary N) is 2. The first-order chi connectivity index (χ1) is 16.8. The van der Waals surface area contributed by atoms with Crippen LogP contribution >= 0.6 is 0 Å². The minimum atomic E-state index is -3.47. The number of hydrogen-bond donors (Lipinski definition) is 2. The van der Waals surface area contributed by atoms with Crippen molar-refractivity contribution in [2.75, 3.05) is 18.4 Å². The molecule has 1 amide bonds. The van der Waals surface area contributed by atoms with E-state index in [9.17, 15) is 13.2 Å². The molecule has 0 aliphatic carbocycles. The molecule has 1 atom stereocenters. The third-order valence-electron chi connectivity index (χ3n) is 6.51. The minimum Gasteiger partial charge on any atom is -0.325 e. The topological polar surface area (TPSA) is 96.3 Å². The van der Waals surface area contributed by atoms with Gasteiger partial charge in [0.15, 0.2) is 0 Å². The van der Waals surface area contributed by atoms with Crippen molar-refractivity contribution in [1.29, 1.82) is 0 Å². The summed E-state index contributed by atoms with van der Waals surface area (Å²) >= 11 is 0. The van der Waals surface area contributed by atoms with Crippen LogP contribution in [0.2, 0.25) is 0 Å². The van der Waals surface area contributed by atoms with Gasteiger partial charge >= 0.3 is 0 Å². The zero-order chi connectivity index (χ0) is 25.0. The number of carbonyl (C=O) groups is 1. The van der Waals surface area contributed by atoms with Crippen LogP contribution in [0.25, 0.3) is 0 Å². The molecule has 1 fully saturated rings. The molecule has 9 heteroatoms. The van der Waals surface area contributed by atoms with Crippen LogP contribution in [0.1, 0.15) is 42.3 Å². The largest absolute Gasteiger partial charge is 0.325 e. The highest BCUT2D eigenvalue weighted by molar-refractivity contribution is 7.89. The third-order valence-corrected chi connectivity index (χ3v) is 8.42. The summed E-state index contributed by atoms with van der Waals surface area (Å²) < 4.78 is 28.9. The Hall–Kier alpha value is -3.01. The van der Waals surface area contributed by atoms with Gasteiger partial charge < -0.3 is 10.6 Å². The number of carbonyl (C=O) groups excluding carboxylic acids is 1. The molecule has 4 rings (SSSR count). The molecule has 1 saturated heterocycles. The molecule has 0 unspecified atom stereocenters. The Labute approximate surface area is 207 Å². The lowest BCUT2D eigenvalue weighted by molar-refractivity contribution is -0.117. The average Bonchev–Trinajstić information content (AvgIpc) is 3.48. The number of benzene rings is 2. The molecule has 0 spiro atoms. The van der Waals surface area contributed by atoms with Gasteiger partial charge in [-0.05, 0) is 63.4 Å². The summed E-state index contributed by atoms with van der Waals surface area (Å²) in [4.78, 5) is 13.0. The van der Waals surface area contributed by atoms with Crippen LogP contribution in [0, 0.1) is 13.8 Å². The van der Waals surface area contributed by atoms with E-state index >= 15 is 0 Å². The van der Waals surface area contributed by atoms with Crippen molar-refractivity contribution in [3.05, 3.63) is 77.1 Å². The van der Waals surface area contributed by atoms with E-state index < -0.39 is 16.1 Å². The second kappa shape index (κ2) is 10.7. The molecule has 0 bridgehead atoms. The second-order valence-corrected chi connectivity index (χ2v) is 11.0. The number of sulfonamides is 1. The fourth-order valence-corrected chi connectivity index (χ4v) is 5.80. The minimum absolute atomic E-state index is 0.188. The summed E-state index contributed by atoms with van der Waals surface area (Å²) in [7, 11) is -3.47. The van der Waals surface area contributed by atoms with Crippen LogP contribution in [0.3, 0.4) is 0 Å². The molecule has 1 aromatic heterocycles. The molecule has 1 aliphatic rings. The van der Waals surface area contributed by atoms with Crippen molar-refractivity contribution in [2.45, 2.75) is 57.6 Å². The molecule has 2 N–H and O–H groups in total. The van der Waals surface area contributed by atoms with Crippen LogP contribution in [0.4, 0.5) is 5.69 Å². The van der Waals surface area contributed by atoms with Crippen LogP contribution < -0.4 is 10.6 Å². The Bertz CT molecular complexity index is 1260. The van der Waals surface area contributed by atoms with E-state index in [4.69, 9.17) is 0 Å². The molecule has 8 nitrogen and oxygen atoms in total. The summed E-state index contributed by atoms with van der Waals surface area (Å²) in [5.41, 5.74) is 4.84. The lowest BCUT2D eigenvalue weighted by Crippen LogP contribution is -2.37. The molecule has 2 heterocycles. The van der Waals surface area contributed by atoms with Crippen LogP contribution in [-0.2, 0) is 27.9 Å². The SMILES string of the molecule is Cc1nn(Cc2ccccc2)c(C)c1CN[C@@H](C)C(=O)Nc1ccc(S(=O)(=O)N2CCCC2)cc1. The summed E-state index contributed by atoms with van der Waals surface area (Å²) in [6.07, 6.45) is 1.79. The molecule has 35 heavy (non-hydrogen) atoms. The fourth-order valence-electron chi connectivity index (χ4n) is 4.29. The van der Waals surface area contributed by atoms with E-state index in [2.05, 4.69) is 27.9 Å². The van der Waals surface area contributed by atoms with Crippen molar-refractivity contribution >= 4 is 21.6 Å². The molecule has 1 aliphatic heterocycles. The number of aromatic nitrogens is 2. The van der Waals surface area contributed by atoms with E-state index in [0.29, 0.717) is 31.9 Å². The van der Waals surface area contributed by atoms with Gasteiger partial charge in [-0.25, -0.2) is 8.42 Å². The van der Waals surface area contributed by atoms with Gasteiger partial charge in [-0.15, -0.1) is 0 Å². The maximum Gasteiger partial charge on any atom is 0.243 e. The van der Waals surface area contributed by atoms with E-state index in [0.717, 1.165) is 29.8 Å². The van der Waals surface area contributed by atoms with E-state index in [1.165, 1.54) is 9.87 Å². The van der Waals surface area contributed by atoms with Crippen molar-refractivity contribution in [3.8, 4) is 0 Å². The number of anilines is 1. The van der Waals surface area contributed by atoms with Gasteiger partial charge in [0, 0.05) is 36.6 Å². The molecule has 0 saturated carbocycles. The van der Waals surface area contributed by atoms with Crippen LogP contribution in [0.15, 0.2) is 59.5 Å². The Morgan fingerprint density at radius 1 is 1.03 bits per heavy atom. The lowest BCUT2D eigenvalue weighted by Gasteiger charge is -2.17. The standard InChI is InChI=1S/C26H33N5O3S/c1-19-25(21(3)31(29-19)18-22-9-5-4-6-10-22)17-27-20(2)26(32)28-23-11-13-24(14-12-23)35(33,34)30-15-7-8-16-30/h4-6,9-14,20,27H,7-8,15-18H2,1-3H3,(H,28,32)/t20-/m0/s1. The summed E-state index contributed by atoms with van der Waals surface area (Å²) in [6.45, 7) is 8.18. The van der Waals surface area contributed by atoms with E-state index in [-0.39, 0.29) is 10.8 Å². The first-order valence-electron chi connectivity index (χ1n) is 12.0. The van der Waals surface area contributed by atoms with Crippen molar-refractivity contribution in [1.82, 2.24) is 19.4 Å². The molecule has 3 aromatic rings. The molecule has 186 valence electrons. The van der Waals surface area contributed by atoms with Crippen LogP contribution in [0.5, 0.6) is 0 Å². The molecular formula is C26H33N5O3S. The number of nitrogens with zero attached hydrogens (tertiary/aromatic N) is 3. The summed E-state index contributed by atoms with van der Waals surface area (Å²) in [5.74, 6) is -0.188. The average molecular weight is 496 g/mol. The van der Waals surface area contributed by atoms with Gasteiger partial charge in [-0.1, -0.05) is 30.3 Å². The number of aryl methyl sites for hydroxylation is 1. The van der Waals surface area contributed by atoms with E-state index in [1.807, 2.05) is 36.7 Å². The smallest absolute Gasteiger partial charge is 0.243 e. The highest BCUT2D eigenvalue weighted by Crippen LogP contribution is 2.22. The third kappa shape index (κ3) is 5.80. The van der Waals surface area contributed by atoms with Crippen molar-refractivity contribution in [3.63, 3.8) is 0 Å². The predicted molar refractivity (Wildman–Crippen MR) is 137 cm³/mol. The van der Waals surface area contributed by atoms with Gasteiger partial charge in [-0.3, -0.25) is 9.48 Å². The first-order valence-corrected chi connectivity index (χ1v) is 13.4. The fraction of sp³-hybridized carbons (Fsp3) is 0.385. The number of amides is 1. The van der Waals surface area contributed by atoms with Crippen LogP contribution in [-0.4, -0.2) is 47.5 Å². The number of rotatable bonds is 9. The summed E-state index contributed by atoms with van der Waals surface area (Å²) in [5, 5.41) is 10.8. The number of hydrogen-bond acceptors (Lipinski definition) is 5. The second-order valence-electron chi connectivity index (χ2n) is 9.02.